The molecule has 0 aliphatic rings. The summed E-state index contributed by atoms with van der Waals surface area (Å²) >= 11 is 3.42. The quantitative estimate of drug-likeness (QED) is 0.923. The van der Waals surface area contributed by atoms with Gasteiger partial charge in [-0.2, -0.15) is 0 Å². The number of anilines is 1. The molecule has 1 aromatic heterocycles. The fourth-order valence-electron chi connectivity index (χ4n) is 1.63. The van der Waals surface area contributed by atoms with Gasteiger partial charge in [-0.1, -0.05) is 35.0 Å². The second-order valence-corrected chi connectivity index (χ2v) is 4.77. The summed E-state index contributed by atoms with van der Waals surface area (Å²) < 4.78 is 1.05. The molecule has 0 atom stereocenters. The summed E-state index contributed by atoms with van der Waals surface area (Å²) in [7, 11) is 0. The Morgan fingerprint density at radius 2 is 1.82 bits per heavy atom. The summed E-state index contributed by atoms with van der Waals surface area (Å²) in [6, 6.07) is 8.05. The number of hydrogen-bond acceptors (Lipinski definition) is 3. The number of nitrogens with zero attached hydrogens (tertiary/aromatic N) is 2. The van der Waals surface area contributed by atoms with E-state index in [1.165, 1.54) is 0 Å². The highest BCUT2D eigenvalue weighted by Gasteiger charge is 2.09. The molecule has 3 nitrogen and oxygen atoms in total. The normalized spacial score (nSPS) is 10.5. The van der Waals surface area contributed by atoms with Crippen molar-refractivity contribution in [1.82, 2.24) is 9.97 Å². The smallest absolute Gasteiger partial charge is 0.131 e. The Kier molecular flexibility index (Phi) is 3.43. The molecule has 2 rings (SSSR count). The maximum Gasteiger partial charge on any atom is 0.131 e. The summed E-state index contributed by atoms with van der Waals surface area (Å²) in [5, 5.41) is 0. The number of halogens is 1. The molecule has 17 heavy (non-hydrogen) atoms. The van der Waals surface area contributed by atoms with Crippen LogP contribution < -0.4 is 5.73 Å². The van der Waals surface area contributed by atoms with Crippen LogP contribution in [0.1, 0.15) is 18.3 Å². The Hall–Kier alpha value is -1.42. The lowest BCUT2D eigenvalue weighted by Gasteiger charge is -2.09. The van der Waals surface area contributed by atoms with Crippen LogP contribution in [-0.2, 0) is 6.42 Å². The highest BCUT2D eigenvalue weighted by Crippen LogP contribution is 2.25. The molecule has 0 fully saturated rings. The van der Waals surface area contributed by atoms with Gasteiger partial charge >= 0.3 is 0 Å². The van der Waals surface area contributed by atoms with Gasteiger partial charge in [0, 0.05) is 22.0 Å². The van der Waals surface area contributed by atoms with E-state index >= 15 is 0 Å². The fraction of sp³-hybridized carbons (Fsp3) is 0.231. The van der Waals surface area contributed by atoms with Crippen LogP contribution in [0.5, 0.6) is 0 Å². The Morgan fingerprint density at radius 1 is 1.18 bits per heavy atom. The Labute approximate surface area is 109 Å². The maximum atomic E-state index is 5.90. The molecule has 2 N–H and O–H groups in total. The first-order chi connectivity index (χ1) is 8.11. The van der Waals surface area contributed by atoms with E-state index in [2.05, 4.69) is 25.9 Å². The third-order valence-electron chi connectivity index (χ3n) is 2.66. The molecule has 1 aromatic carbocycles. The van der Waals surface area contributed by atoms with E-state index in [0.717, 1.165) is 33.5 Å². The molecule has 0 bridgehead atoms. The number of benzene rings is 1. The molecule has 0 spiro atoms. The van der Waals surface area contributed by atoms with Crippen molar-refractivity contribution in [3.8, 4) is 11.3 Å². The third-order valence-corrected chi connectivity index (χ3v) is 3.19. The van der Waals surface area contributed by atoms with Crippen molar-refractivity contribution in [2.45, 2.75) is 20.3 Å². The zero-order valence-corrected chi connectivity index (χ0v) is 11.5. The van der Waals surface area contributed by atoms with Gasteiger partial charge in [0.2, 0.25) is 0 Å². The highest BCUT2D eigenvalue weighted by molar-refractivity contribution is 9.10. The lowest BCUT2D eigenvalue weighted by atomic mass is 10.1. The molecule has 0 radical (unpaired) electrons. The van der Waals surface area contributed by atoms with Crippen molar-refractivity contribution >= 4 is 21.7 Å². The molecular formula is C13H14BrN3. The molecule has 0 unspecified atom stereocenters. The fourth-order valence-corrected chi connectivity index (χ4v) is 1.89. The number of aromatic nitrogens is 2. The predicted octanol–water partition coefficient (Wildman–Crippen LogP) is 3.36. The average molecular weight is 292 g/mol. The first kappa shape index (κ1) is 12.0. The molecule has 2 aromatic rings. The first-order valence-electron chi connectivity index (χ1n) is 5.50. The van der Waals surface area contributed by atoms with E-state index < -0.39 is 0 Å². The molecular weight excluding hydrogens is 278 g/mol. The van der Waals surface area contributed by atoms with E-state index in [-0.39, 0.29) is 0 Å². The Balaban J connectivity index is 2.57. The largest absolute Gasteiger partial charge is 0.383 e. The average Bonchev–Trinajstić information content (AvgIpc) is 2.34. The minimum Gasteiger partial charge on any atom is -0.383 e. The van der Waals surface area contributed by atoms with Crippen LogP contribution >= 0.6 is 15.9 Å². The number of nitrogens with two attached hydrogens (primary N) is 1. The van der Waals surface area contributed by atoms with Crippen LogP contribution in [0.25, 0.3) is 11.3 Å². The van der Waals surface area contributed by atoms with E-state index in [1.54, 1.807) is 0 Å². The summed E-state index contributed by atoms with van der Waals surface area (Å²) in [5.41, 5.74) is 8.82. The number of nitrogen functional groups attached to an aromatic ring is 1. The molecule has 88 valence electrons. The summed E-state index contributed by atoms with van der Waals surface area (Å²) in [4.78, 5) is 8.80. The molecule has 1 heterocycles. The van der Waals surface area contributed by atoms with Gasteiger partial charge in [-0.15, -0.1) is 0 Å². The molecule has 0 saturated carbocycles. The standard InChI is InChI=1S/C13H14BrN3/c1-3-11-16-12(8(2)13(15)17-11)9-4-6-10(14)7-5-9/h4-7H,3H2,1-2H3,(H2,15,16,17). The van der Waals surface area contributed by atoms with Gasteiger partial charge in [0.1, 0.15) is 11.6 Å². The van der Waals surface area contributed by atoms with Gasteiger partial charge in [0.05, 0.1) is 5.69 Å². The van der Waals surface area contributed by atoms with Crippen molar-refractivity contribution < 1.29 is 0 Å². The maximum absolute atomic E-state index is 5.90. The monoisotopic (exact) mass is 291 g/mol. The van der Waals surface area contributed by atoms with Crippen LogP contribution in [-0.4, -0.2) is 9.97 Å². The summed E-state index contributed by atoms with van der Waals surface area (Å²) in [5.74, 6) is 1.35. The molecule has 0 amide bonds. The third kappa shape index (κ3) is 2.47. The zero-order chi connectivity index (χ0) is 12.4. The van der Waals surface area contributed by atoms with Crippen LogP contribution in [0.2, 0.25) is 0 Å². The lowest BCUT2D eigenvalue weighted by Crippen LogP contribution is -2.04. The molecule has 0 aliphatic carbocycles. The van der Waals surface area contributed by atoms with Crippen molar-refractivity contribution in [3.05, 3.63) is 40.1 Å². The van der Waals surface area contributed by atoms with Gasteiger partial charge in [0.15, 0.2) is 0 Å². The van der Waals surface area contributed by atoms with Crippen molar-refractivity contribution in [2.24, 2.45) is 0 Å². The van der Waals surface area contributed by atoms with Gasteiger partial charge < -0.3 is 5.73 Å². The van der Waals surface area contributed by atoms with Crippen molar-refractivity contribution in [3.63, 3.8) is 0 Å². The van der Waals surface area contributed by atoms with Crippen LogP contribution in [0.3, 0.4) is 0 Å². The van der Waals surface area contributed by atoms with Gasteiger partial charge in [-0.25, -0.2) is 9.97 Å². The minimum absolute atomic E-state index is 0.565. The second-order valence-electron chi connectivity index (χ2n) is 3.86. The van der Waals surface area contributed by atoms with E-state index in [0.29, 0.717) is 5.82 Å². The van der Waals surface area contributed by atoms with E-state index in [4.69, 9.17) is 5.73 Å². The lowest BCUT2D eigenvalue weighted by molar-refractivity contribution is 0.940. The van der Waals surface area contributed by atoms with E-state index in [1.807, 2.05) is 38.1 Å². The first-order valence-corrected chi connectivity index (χ1v) is 6.30. The van der Waals surface area contributed by atoms with Crippen LogP contribution in [0.4, 0.5) is 5.82 Å². The van der Waals surface area contributed by atoms with Crippen LogP contribution in [0, 0.1) is 6.92 Å². The van der Waals surface area contributed by atoms with Gasteiger partial charge in [-0.05, 0) is 19.1 Å². The number of hydrogen-bond donors (Lipinski definition) is 1. The summed E-state index contributed by atoms with van der Waals surface area (Å²) in [6.45, 7) is 3.97. The highest BCUT2D eigenvalue weighted by atomic mass is 79.9. The molecule has 4 heteroatoms. The van der Waals surface area contributed by atoms with E-state index in [9.17, 15) is 0 Å². The van der Waals surface area contributed by atoms with Crippen molar-refractivity contribution in [1.29, 1.82) is 0 Å². The topological polar surface area (TPSA) is 51.8 Å². The minimum atomic E-state index is 0.565. The zero-order valence-electron chi connectivity index (χ0n) is 9.87. The second kappa shape index (κ2) is 4.84. The number of aryl methyl sites for hydroxylation is 1. The Morgan fingerprint density at radius 3 is 2.41 bits per heavy atom. The van der Waals surface area contributed by atoms with Crippen LogP contribution in [0.15, 0.2) is 28.7 Å². The SMILES string of the molecule is CCc1nc(N)c(C)c(-c2ccc(Br)cc2)n1. The van der Waals surface area contributed by atoms with Crippen molar-refractivity contribution in [2.75, 3.05) is 5.73 Å². The Bertz CT molecular complexity index is 535. The molecule has 0 aliphatic heterocycles. The summed E-state index contributed by atoms with van der Waals surface area (Å²) in [6.07, 6.45) is 0.786. The number of rotatable bonds is 2. The predicted molar refractivity (Wildman–Crippen MR) is 73.7 cm³/mol. The van der Waals surface area contributed by atoms with Gasteiger partial charge in [-0.3, -0.25) is 0 Å². The van der Waals surface area contributed by atoms with Gasteiger partial charge in [0.25, 0.3) is 0 Å². The molecule has 0 saturated heterocycles.